The molecule has 2 heterocycles. The quantitative estimate of drug-likeness (QED) is 0.624. The van der Waals surface area contributed by atoms with E-state index in [1.165, 1.54) is 5.56 Å². The third-order valence-electron chi connectivity index (χ3n) is 5.00. The first kappa shape index (κ1) is 19.5. The molecule has 152 valence electrons. The molecule has 2 amide bonds. The molecule has 4 rings (SSSR count). The Morgan fingerprint density at radius 1 is 1.07 bits per heavy atom. The normalized spacial score (nSPS) is 16.0. The summed E-state index contributed by atoms with van der Waals surface area (Å²) in [4.78, 5) is 38.1. The van der Waals surface area contributed by atoms with Crippen molar-refractivity contribution in [3.8, 4) is 0 Å². The third-order valence-corrected chi connectivity index (χ3v) is 5.00. The van der Waals surface area contributed by atoms with E-state index in [0.717, 1.165) is 22.2 Å². The molecule has 0 fully saturated rings. The molecule has 2 aromatic carbocycles. The van der Waals surface area contributed by atoms with E-state index in [0.29, 0.717) is 11.6 Å². The Bertz CT molecular complexity index is 1170. The van der Waals surface area contributed by atoms with Gasteiger partial charge in [0, 0.05) is 11.1 Å². The SMILES string of the molecule is Cc1cc2nc(NC3=N[C@H](C(=O)Nc4ccccc4)CC(=O)N3)nc(C)c2cc1C. The highest BCUT2D eigenvalue weighted by Crippen LogP contribution is 2.21. The Hall–Kier alpha value is -3.81. The molecule has 8 heteroatoms. The van der Waals surface area contributed by atoms with Crippen LogP contribution in [-0.2, 0) is 9.59 Å². The molecular formula is C22H22N6O2. The van der Waals surface area contributed by atoms with Crippen LogP contribution in [0.3, 0.4) is 0 Å². The first-order chi connectivity index (χ1) is 14.4. The van der Waals surface area contributed by atoms with Crippen molar-refractivity contribution in [2.45, 2.75) is 33.2 Å². The number of hydrogen-bond acceptors (Lipinski definition) is 6. The largest absolute Gasteiger partial charge is 0.324 e. The summed E-state index contributed by atoms with van der Waals surface area (Å²) in [5.41, 5.74) is 4.57. The molecule has 1 aliphatic heterocycles. The molecule has 0 bridgehead atoms. The minimum absolute atomic E-state index is 0.0279. The highest BCUT2D eigenvalue weighted by Gasteiger charge is 2.27. The number of benzene rings is 2. The fourth-order valence-corrected chi connectivity index (χ4v) is 3.26. The van der Waals surface area contributed by atoms with Gasteiger partial charge in [0.05, 0.1) is 17.6 Å². The number of fused-ring (bicyclic) bond motifs is 1. The second-order valence-corrected chi connectivity index (χ2v) is 7.31. The van der Waals surface area contributed by atoms with Gasteiger partial charge in [0.25, 0.3) is 0 Å². The van der Waals surface area contributed by atoms with E-state index in [-0.39, 0.29) is 24.2 Å². The van der Waals surface area contributed by atoms with Gasteiger partial charge in [-0.25, -0.2) is 15.0 Å². The summed E-state index contributed by atoms with van der Waals surface area (Å²) in [6.45, 7) is 5.98. The van der Waals surface area contributed by atoms with E-state index in [1.807, 2.05) is 45.0 Å². The molecule has 1 atom stereocenters. The summed E-state index contributed by atoms with van der Waals surface area (Å²) in [7, 11) is 0. The van der Waals surface area contributed by atoms with Crippen molar-refractivity contribution in [1.82, 2.24) is 15.3 Å². The monoisotopic (exact) mass is 402 g/mol. The smallest absolute Gasteiger partial charge is 0.249 e. The molecular weight excluding hydrogens is 380 g/mol. The van der Waals surface area contributed by atoms with Gasteiger partial charge in [0.2, 0.25) is 23.7 Å². The molecule has 0 spiro atoms. The molecule has 1 aromatic heterocycles. The molecule has 30 heavy (non-hydrogen) atoms. The highest BCUT2D eigenvalue weighted by molar-refractivity contribution is 6.09. The molecule has 0 saturated heterocycles. The molecule has 1 aliphatic rings. The van der Waals surface area contributed by atoms with E-state index in [4.69, 9.17) is 0 Å². The van der Waals surface area contributed by atoms with E-state index in [9.17, 15) is 9.59 Å². The third kappa shape index (κ3) is 4.12. The lowest BCUT2D eigenvalue weighted by Gasteiger charge is -2.21. The zero-order chi connectivity index (χ0) is 21.3. The number of amides is 2. The van der Waals surface area contributed by atoms with Crippen LogP contribution in [0.15, 0.2) is 47.5 Å². The molecule has 8 nitrogen and oxygen atoms in total. The number of rotatable bonds is 3. The molecule has 0 radical (unpaired) electrons. The van der Waals surface area contributed by atoms with Gasteiger partial charge < -0.3 is 5.32 Å². The molecule has 0 saturated carbocycles. The van der Waals surface area contributed by atoms with Crippen molar-refractivity contribution in [2.24, 2.45) is 4.99 Å². The van der Waals surface area contributed by atoms with Crippen LogP contribution in [0.2, 0.25) is 0 Å². The van der Waals surface area contributed by atoms with Crippen molar-refractivity contribution < 1.29 is 9.59 Å². The summed E-state index contributed by atoms with van der Waals surface area (Å²) in [6.07, 6.45) is -0.0279. The topological polar surface area (TPSA) is 108 Å². The van der Waals surface area contributed by atoms with Crippen LogP contribution in [0.5, 0.6) is 0 Å². The number of para-hydroxylation sites is 1. The number of anilines is 2. The Kier molecular flexibility index (Phi) is 5.14. The second kappa shape index (κ2) is 7.90. The lowest BCUT2D eigenvalue weighted by Crippen LogP contribution is -2.46. The van der Waals surface area contributed by atoms with Crippen molar-refractivity contribution in [3.05, 3.63) is 59.3 Å². The minimum atomic E-state index is -0.840. The van der Waals surface area contributed by atoms with Crippen molar-refractivity contribution in [2.75, 3.05) is 10.6 Å². The summed E-state index contributed by atoms with van der Waals surface area (Å²) < 4.78 is 0. The fraction of sp³-hybridized carbons (Fsp3) is 0.227. The Labute approximate surface area is 173 Å². The summed E-state index contributed by atoms with van der Waals surface area (Å²) >= 11 is 0. The number of aliphatic imine (C=N–C) groups is 1. The van der Waals surface area contributed by atoms with Gasteiger partial charge >= 0.3 is 0 Å². The number of aromatic nitrogens is 2. The highest BCUT2D eigenvalue weighted by atomic mass is 16.2. The zero-order valence-corrected chi connectivity index (χ0v) is 17.0. The zero-order valence-electron chi connectivity index (χ0n) is 17.0. The number of nitrogens with one attached hydrogen (secondary N) is 3. The summed E-state index contributed by atoms with van der Waals surface area (Å²) in [6, 6.07) is 12.3. The maximum atomic E-state index is 12.6. The van der Waals surface area contributed by atoms with Gasteiger partial charge in [-0.2, -0.15) is 0 Å². The van der Waals surface area contributed by atoms with Gasteiger partial charge in [-0.3, -0.25) is 20.2 Å². The van der Waals surface area contributed by atoms with Crippen LogP contribution in [0.1, 0.15) is 23.2 Å². The van der Waals surface area contributed by atoms with Gasteiger partial charge in [0.15, 0.2) is 0 Å². The number of nitrogens with zero attached hydrogens (tertiary/aromatic N) is 3. The van der Waals surface area contributed by atoms with Gasteiger partial charge in [-0.05, 0) is 56.2 Å². The van der Waals surface area contributed by atoms with Crippen LogP contribution in [0.25, 0.3) is 10.9 Å². The van der Waals surface area contributed by atoms with Gasteiger partial charge in [-0.15, -0.1) is 0 Å². The maximum Gasteiger partial charge on any atom is 0.249 e. The van der Waals surface area contributed by atoms with Crippen LogP contribution in [-0.4, -0.2) is 33.8 Å². The van der Waals surface area contributed by atoms with Crippen LogP contribution >= 0.6 is 0 Å². The molecule has 0 aliphatic carbocycles. The van der Waals surface area contributed by atoms with Crippen LogP contribution in [0.4, 0.5) is 11.6 Å². The molecule has 0 unspecified atom stereocenters. The van der Waals surface area contributed by atoms with E-state index >= 15 is 0 Å². The first-order valence-electron chi connectivity index (χ1n) is 9.65. The lowest BCUT2D eigenvalue weighted by molar-refractivity contribution is -0.124. The summed E-state index contributed by atoms with van der Waals surface area (Å²) in [5.74, 6) is -0.185. The first-order valence-corrected chi connectivity index (χ1v) is 9.65. The predicted octanol–water partition coefficient (Wildman–Crippen LogP) is 2.85. The van der Waals surface area contributed by atoms with Crippen molar-refractivity contribution in [1.29, 1.82) is 0 Å². The molecule has 3 aromatic rings. The van der Waals surface area contributed by atoms with Crippen molar-refractivity contribution >= 4 is 40.3 Å². The molecule has 3 N–H and O–H groups in total. The van der Waals surface area contributed by atoms with Gasteiger partial charge in [-0.1, -0.05) is 18.2 Å². The predicted molar refractivity (Wildman–Crippen MR) is 116 cm³/mol. The maximum absolute atomic E-state index is 12.6. The van der Waals surface area contributed by atoms with Crippen LogP contribution in [0, 0.1) is 20.8 Å². The number of carbonyl (C=O) groups is 2. The fourth-order valence-electron chi connectivity index (χ4n) is 3.26. The number of carbonyl (C=O) groups excluding carboxylic acids is 2. The number of aryl methyl sites for hydroxylation is 3. The van der Waals surface area contributed by atoms with Gasteiger partial charge in [0.1, 0.15) is 6.04 Å². The number of guanidine groups is 1. The Morgan fingerprint density at radius 2 is 1.80 bits per heavy atom. The standard InChI is InChI=1S/C22H22N6O2/c1-12-9-16-14(3)23-21(25-17(16)10-13(12)2)28-22-26-18(11-19(29)27-22)20(30)24-15-7-5-4-6-8-15/h4-10,18H,11H2,1-3H3,(H,24,30)(H2,23,25,26,27,28,29)/t18-/m0/s1. The van der Waals surface area contributed by atoms with E-state index < -0.39 is 6.04 Å². The Balaban J connectivity index is 1.58. The Morgan fingerprint density at radius 3 is 2.57 bits per heavy atom. The van der Waals surface area contributed by atoms with E-state index in [2.05, 4.69) is 37.0 Å². The van der Waals surface area contributed by atoms with E-state index in [1.54, 1.807) is 12.1 Å². The average molecular weight is 402 g/mol. The number of hydrogen-bond donors (Lipinski definition) is 3. The average Bonchev–Trinajstić information content (AvgIpc) is 2.70. The van der Waals surface area contributed by atoms with Crippen LogP contribution < -0.4 is 16.0 Å². The second-order valence-electron chi connectivity index (χ2n) is 7.31. The lowest BCUT2D eigenvalue weighted by atomic mass is 10.1. The van der Waals surface area contributed by atoms with Crippen molar-refractivity contribution in [3.63, 3.8) is 0 Å². The summed E-state index contributed by atoms with van der Waals surface area (Å²) in [5, 5.41) is 9.33. The minimum Gasteiger partial charge on any atom is -0.324 e.